The van der Waals surface area contributed by atoms with E-state index < -0.39 is 0 Å². The van der Waals surface area contributed by atoms with Gasteiger partial charge < -0.3 is 18.6 Å². The summed E-state index contributed by atoms with van der Waals surface area (Å²) in [5, 5.41) is 0. The van der Waals surface area contributed by atoms with E-state index in [0.29, 0.717) is 25.3 Å². The fourth-order valence-corrected chi connectivity index (χ4v) is 2.83. The third-order valence-corrected chi connectivity index (χ3v) is 3.85. The number of imidazole rings is 1. The Labute approximate surface area is 123 Å². The molecule has 0 N–H and O–H groups in total. The Bertz CT molecular complexity index is 618. The van der Waals surface area contributed by atoms with Crippen LogP contribution in [0.25, 0.3) is 0 Å². The Morgan fingerprint density at radius 2 is 2.43 bits per heavy atom. The minimum atomic E-state index is -0.108. The second kappa shape index (κ2) is 5.73. The van der Waals surface area contributed by atoms with Gasteiger partial charge in [0.1, 0.15) is 6.26 Å². The van der Waals surface area contributed by atoms with Crippen molar-refractivity contribution in [1.82, 2.24) is 14.5 Å². The summed E-state index contributed by atoms with van der Waals surface area (Å²) >= 11 is 0. The van der Waals surface area contributed by atoms with E-state index >= 15 is 0 Å². The number of carbonyl (C=O) groups is 1. The van der Waals surface area contributed by atoms with E-state index in [0.717, 1.165) is 17.8 Å². The Hall–Kier alpha value is -2.08. The fourth-order valence-electron chi connectivity index (χ4n) is 2.83. The Morgan fingerprint density at radius 3 is 3.14 bits per heavy atom. The van der Waals surface area contributed by atoms with E-state index in [9.17, 15) is 4.79 Å². The summed E-state index contributed by atoms with van der Waals surface area (Å²) in [6, 6.07) is 1.59. The van der Waals surface area contributed by atoms with Gasteiger partial charge in [-0.2, -0.15) is 0 Å². The van der Waals surface area contributed by atoms with Gasteiger partial charge >= 0.3 is 0 Å². The van der Waals surface area contributed by atoms with Crippen LogP contribution in [-0.4, -0.2) is 40.1 Å². The lowest BCUT2D eigenvalue weighted by Crippen LogP contribution is -2.42. The molecule has 0 bridgehead atoms. The maximum absolute atomic E-state index is 12.7. The van der Waals surface area contributed by atoms with Crippen LogP contribution in [0.1, 0.15) is 34.7 Å². The minimum absolute atomic E-state index is 0.0275. The molecule has 6 nitrogen and oxygen atoms in total. The van der Waals surface area contributed by atoms with Gasteiger partial charge in [-0.25, -0.2) is 4.98 Å². The number of furan rings is 1. The van der Waals surface area contributed by atoms with Crippen LogP contribution in [0.3, 0.4) is 0 Å². The number of amides is 1. The summed E-state index contributed by atoms with van der Waals surface area (Å²) in [5.41, 5.74) is 2.69. The van der Waals surface area contributed by atoms with Gasteiger partial charge in [-0.15, -0.1) is 0 Å². The van der Waals surface area contributed by atoms with Gasteiger partial charge in [0.15, 0.2) is 0 Å². The summed E-state index contributed by atoms with van der Waals surface area (Å²) in [7, 11) is 1.95. The number of fused-ring (bicyclic) bond motifs is 1. The minimum Gasteiger partial charge on any atom is -0.472 e. The van der Waals surface area contributed by atoms with Crippen molar-refractivity contribution in [3.05, 3.63) is 41.9 Å². The molecule has 112 valence electrons. The summed E-state index contributed by atoms with van der Waals surface area (Å²) in [5.74, 6) is -0.0275. The maximum atomic E-state index is 12.7. The lowest BCUT2D eigenvalue weighted by Gasteiger charge is -2.35. The second-order valence-corrected chi connectivity index (χ2v) is 5.12. The van der Waals surface area contributed by atoms with Gasteiger partial charge in [0.05, 0.1) is 42.2 Å². The number of aromatic nitrogens is 2. The molecule has 0 aromatic carbocycles. The summed E-state index contributed by atoms with van der Waals surface area (Å²) in [6.45, 7) is 3.70. The van der Waals surface area contributed by atoms with E-state index in [-0.39, 0.29) is 11.9 Å². The topological polar surface area (TPSA) is 60.5 Å². The molecule has 0 fully saturated rings. The van der Waals surface area contributed by atoms with Gasteiger partial charge in [-0.1, -0.05) is 0 Å². The molecule has 1 amide bonds. The average molecular weight is 289 g/mol. The van der Waals surface area contributed by atoms with E-state index in [1.807, 2.05) is 23.4 Å². The molecule has 0 saturated carbocycles. The van der Waals surface area contributed by atoms with E-state index in [1.54, 1.807) is 12.4 Å². The third-order valence-electron chi connectivity index (χ3n) is 3.85. The lowest BCUT2D eigenvalue weighted by molar-refractivity contribution is 0.0401. The van der Waals surface area contributed by atoms with Crippen molar-refractivity contribution in [2.75, 3.05) is 19.8 Å². The lowest BCUT2D eigenvalue weighted by atomic mass is 10.0. The Morgan fingerprint density at radius 1 is 1.57 bits per heavy atom. The van der Waals surface area contributed by atoms with Crippen molar-refractivity contribution in [2.24, 2.45) is 7.05 Å². The molecular formula is C15H19N3O3. The number of ether oxygens (including phenoxy) is 1. The van der Waals surface area contributed by atoms with Crippen molar-refractivity contribution >= 4 is 5.91 Å². The zero-order chi connectivity index (χ0) is 14.8. The van der Waals surface area contributed by atoms with Crippen molar-refractivity contribution in [1.29, 1.82) is 0 Å². The highest BCUT2D eigenvalue weighted by Gasteiger charge is 2.34. The van der Waals surface area contributed by atoms with Gasteiger partial charge in [-0.05, 0) is 13.0 Å². The molecule has 0 saturated heterocycles. The van der Waals surface area contributed by atoms with Crippen LogP contribution < -0.4 is 0 Å². The fraction of sp³-hybridized carbons (Fsp3) is 0.467. The molecule has 0 spiro atoms. The first kappa shape index (κ1) is 13.9. The molecule has 0 aliphatic carbocycles. The molecule has 1 aliphatic heterocycles. The van der Waals surface area contributed by atoms with E-state index in [2.05, 4.69) is 4.98 Å². The molecular weight excluding hydrogens is 270 g/mol. The largest absolute Gasteiger partial charge is 0.472 e. The van der Waals surface area contributed by atoms with E-state index in [4.69, 9.17) is 9.15 Å². The first-order valence-electron chi connectivity index (χ1n) is 7.13. The number of hydrogen-bond acceptors (Lipinski definition) is 4. The summed E-state index contributed by atoms with van der Waals surface area (Å²) in [4.78, 5) is 18.9. The second-order valence-electron chi connectivity index (χ2n) is 5.12. The van der Waals surface area contributed by atoms with Crippen LogP contribution in [0, 0.1) is 0 Å². The molecule has 3 rings (SSSR count). The van der Waals surface area contributed by atoms with Crippen molar-refractivity contribution in [3.63, 3.8) is 0 Å². The molecule has 0 unspecified atom stereocenters. The first-order valence-corrected chi connectivity index (χ1v) is 7.13. The number of nitrogens with zero attached hydrogens (tertiary/aromatic N) is 3. The molecule has 2 aromatic rings. The van der Waals surface area contributed by atoms with E-state index in [1.165, 1.54) is 12.5 Å². The third kappa shape index (κ3) is 2.47. The average Bonchev–Trinajstić information content (AvgIpc) is 3.14. The quantitative estimate of drug-likeness (QED) is 0.861. The van der Waals surface area contributed by atoms with Crippen LogP contribution >= 0.6 is 0 Å². The van der Waals surface area contributed by atoms with Crippen molar-refractivity contribution in [3.8, 4) is 0 Å². The molecule has 1 aliphatic rings. The molecule has 1 atom stereocenters. The van der Waals surface area contributed by atoms with Gasteiger partial charge in [0.2, 0.25) is 0 Å². The highest BCUT2D eigenvalue weighted by molar-refractivity contribution is 5.94. The van der Waals surface area contributed by atoms with Crippen LogP contribution in [-0.2, 0) is 18.2 Å². The Balaban J connectivity index is 1.93. The smallest absolute Gasteiger partial charge is 0.257 e. The predicted molar refractivity (Wildman–Crippen MR) is 75.9 cm³/mol. The van der Waals surface area contributed by atoms with Crippen LogP contribution in [0.5, 0.6) is 0 Å². The normalized spacial score (nSPS) is 17.8. The number of aryl methyl sites for hydroxylation is 1. The van der Waals surface area contributed by atoms with Crippen LogP contribution in [0.15, 0.2) is 29.3 Å². The highest BCUT2D eigenvalue weighted by Crippen LogP contribution is 2.30. The molecule has 0 radical (unpaired) electrons. The summed E-state index contributed by atoms with van der Waals surface area (Å²) < 4.78 is 12.6. The zero-order valence-corrected chi connectivity index (χ0v) is 12.3. The van der Waals surface area contributed by atoms with Crippen LogP contribution in [0.2, 0.25) is 0 Å². The monoisotopic (exact) mass is 289 g/mol. The number of rotatable bonds is 4. The zero-order valence-electron chi connectivity index (χ0n) is 12.3. The number of carbonyl (C=O) groups excluding carboxylic acids is 1. The maximum Gasteiger partial charge on any atom is 0.257 e. The Kier molecular flexibility index (Phi) is 3.79. The SMILES string of the molecule is CCOC[C@@H]1c2c(ncn2C)CCN1C(=O)c1ccoc1. The summed E-state index contributed by atoms with van der Waals surface area (Å²) in [6.07, 6.45) is 5.57. The first-order chi connectivity index (χ1) is 10.2. The van der Waals surface area contributed by atoms with Gasteiger partial charge in [0.25, 0.3) is 5.91 Å². The highest BCUT2D eigenvalue weighted by atomic mass is 16.5. The molecule has 3 heterocycles. The van der Waals surface area contributed by atoms with Gasteiger partial charge in [-0.3, -0.25) is 4.79 Å². The molecule has 2 aromatic heterocycles. The van der Waals surface area contributed by atoms with Crippen LogP contribution in [0.4, 0.5) is 0 Å². The standard InChI is InChI=1S/C15H19N3O3/c1-3-20-9-13-14-12(16-10-17(14)2)4-6-18(13)15(19)11-5-7-21-8-11/h5,7-8,10,13H,3-4,6,9H2,1-2H3/t13-/m1/s1. The van der Waals surface area contributed by atoms with Gasteiger partial charge in [0, 0.05) is 26.6 Å². The molecule has 21 heavy (non-hydrogen) atoms. The number of hydrogen-bond donors (Lipinski definition) is 0. The van der Waals surface area contributed by atoms with Crippen molar-refractivity contribution < 1.29 is 13.9 Å². The molecule has 6 heteroatoms. The predicted octanol–water partition coefficient (Wildman–Crippen LogP) is 1.79. The van der Waals surface area contributed by atoms with Crippen molar-refractivity contribution in [2.45, 2.75) is 19.4 Å².